The number of nitrogens with zero attached hydrogens (tertiary/aromatic N) is 1. The van der Waals surface area contributed by atoms with Gasteiger partial charge in [0.1, 0.15) is 23.2 Å². The number of amides is 2. The van der Waals surface area contributed by atoms with Crippen LogP contribution in [0.5, 0.6) is 5.75 Å². The smallest absolute Gasteiger partial charge is 0.264 e. The third-order valence-corrected chi connectivity index (χ3v) is 5.81. The predicted molar refractivity (Wildman–Crippen MR) is 121 cm³/mol. The molecule has 0 radical (unpaired) electrons. The molecular weight excluding hydrogens is 469 g/mol. The number of halogens is 4. The molecule has 0 aliphatic carbocycles. The van der Waals surface area contributed by atoms with E-state index in [0.29, 0.717) is 35.1 Å². The van der Waals surface area contributed by atoms with E-state index < -0.39 is 29.5 Å². The normalized spacial score (nSPS) is 15.4. The fourth-order valence-corrected chi connectivity index (χ4v) is 3.93. The largest absolute Gasteiger partial charge is 0.480 e. The number of hydrogen-bond donors (Lipinski definition) is 1. The number of ether oxygens (including phenoxy) is 1. The number of nitrogens with one attached hydrogen (secondary N) is 1. The molecular formula is C25H20ClF3N2O3. The summed E-state index contributed by atoms with van der Waals surface area (Å²) in [5.74, 6) is -2.77. The molecule has 2 amide bonds. The Bertz CT molecular complexity index is 1270. The van der Waals surface area contributed by atoms with Crippen molar-refractivity contribution in [2.45, 2.75) is 32.5 Å². The summed E-state index contributed by atoms with van der Waals surface area (Å²) >= 11 is 6.16. The zero-order valence-corrected chi connectivity index (χ0v) is 18.8. The molecule has 3 aromatic carbocycles. The van der Waals surface area contributed by atoms with Crippen molar-refractivity contribution in [2.24, 2.45) is 0 Å². The lowest BCUT2D eigenvalue weighted by molar-refractivity contribution is -0.139. The van der Waals surface area contributed by atoms with E-state index in [1.54, 1.807) is 23.1 Å². The number of anilines is 1. The van der Waals surface area contributed by atoms with E-state index in [-0.39, 0.29) is 29.6 Å². The van der Waals surface area contributed by atoms with Crippen LogP contribution in [0.1, 0.15) is 34.8 Å². The maximum atomic E-state index is 14.0. The van der Waals surface area contributed by atoms with Crippen molar-refractivity contribution < 1.29 is 27.5 Å². The Hall–Kier alpha value is -3.52. The number of carbonyl (C=O) groups excluding carboxylic acids is 2. The third-order valence-electron chi connectivity index (χ3n) is 5.46. The summed E-state index contributed by atoms with van der Waals surface area (Å²) in [5.41, 5.74) is 1.23. The summed E-state index contributed by atoms with van der Waals surface area (Å²) in [7, 11) is 0. The van der Waals surface area contributed by atoms with Gasteiger partial charge < -0.3 is 15.0 Å². The number of benzene rings is 3. The van der Waals surface area contributed by atoms with Crippen molar-refractivity contribution in [3.05, 3.63) is 93.8 Å². The Balaban J connectivity index is 1.61. The minimum Gasteiger partial charge on any atom is -0.480 e. The summed E-state index contributed by atoms with van der Waals surface area (Å²) in [5, 5.41) is 2.78. The molecule has 0 bridgehead atoms. The van der Waals surface area contributed by atoms with Crippen LogP contribution in [-0.4, -0.2) is 22.8 Å². The second kappa shape index (κ2) is 9.77. The average molecular weight is 489 g/mol. The lowest BCUT2D eigenvalue weighted by Crippen LogP contribution is -2.38. The molecule has 34 heavy (non-hydrogen) atoms. The molecule has 176 valence electrons. The van der Waals surface area contributed by atoms with Crippen LogP contribution >= 0.6 is 11.6 Å². The number of rotatable bonds is 5. The molecule has 5 nitrogen and oxygen atoms in total. The lowest BCUT2D eigenvalue weighted by atomic mass is 10.1. The Morgan fingerprint density at radius 3 is 2.53 bits per heavy atom. The van der Waals surface area contributed by atoms with Gasteiger partial charge >= 0.3 is 0 Å². The van der Waals surface area contributed by atoms with Crippen LogP contribution in [-0.2, 0) is 17.9 Å². The summed E-state index contributed by atoms with van der Waals surface area (Å²) < 4.78 is 46.5. The van der Waals surface area contributed by atoms with Gasteiger partial charge in [-0.15, -0.1) is 0 Å². The second-order valence-electron chi connectivity index (χ2n) is 7.85. The van der Waals surface area contributed by atoms with Gasteiger partial charge in [0.25, 0.3) is 11.8 Å². The van der Waals surface area contributed by atoms with Crippen LogP contribution < -0.4 is 10.1 Å². The van der Waals surface area contributed by atoms with Crippen LogP contribution in [0.2, 0.25) is 5.02 Å². The van der Waals surface area contributed by atoms with Crippen molar-refractivity contribution in [1.82, 2.24) is 4.90 Å². The number of fused-ring (bicyclic) bond motifs is 1. The molecule has 9 heteroatoms. The van der Waals surface area contributed by atoms with Gasteiger partial charge in [-0.25, -0.2) is 13.2 Å². The van der Waals surface area contributed by atoms with E-state index in [0.717, 1.165) is 12.1 Å². The summed E-state index contributed by atoms with van der Waals surface area (Å²) in [6, 6.07) is 11.5. The molecule has 3 aromatic rings. The van der Waals surface area contributed by atoms with Gasteiger partial charge in [-0.1, -0.05) is 24.6 Å². The van der Waals surface area contributed by atoms with Crippen LogP contribution in [0, 0.1) is 17.5 Å². The molecule has 0 aromatic heterocycles. The Kier molecular flexibility index (Phi) is 6.79. The summed E-state index contributed by atoms with van der Waals surface area (Å²) in [6.45, 7) is 2.10. The topological polar surface area (TPSA) is 58.6 Å². The minimum atomic E-state index is -0.977. The van der Waals surface area contributed by atoms with Crippen molar-refractivity contribution in [3.63, 3.8) is 0 Å². The fraction of sp³-hybridized carbons (Fsp3) is 0.200. The van der Waals surface area contributed by atoms with E-state index in [4.69, 9.17) is 16.3 Å². The fourth-order valence-electron chi connectivity index (χ4n) is 3.71. The van der Waals surface area contributed by atoms with Gasteiger partial charge in [-0.05, 0) is 54.4 Å². The molecule has 1 heterocycles. The molecule has 1 aliphatic rings. The Morgan fingerprint density at radius 1 is 1.09 bits per heavy atom. The molecule has 1 N–H and O–H groups in total. The van der Waals surface area contributed by atoms with Crippen molar-refractivity contribution in [2.75, 3.05) is 5.32 Å². The van der Waals surface area contributed by atoms with Gasteiger partial charge in [0.2, 0.25) is 0 Å². The van der Waals surface area contributed by atoms with Crippen LogP contribution in [0.3, 0.4) is 0 Å². The summed E-state index contributed by atoms with van der Waals surface area (Å²) in [6.07, 6.45) is -0.303. The van der Waals surface area contributed by atoms with Crippen molar-refractivity contribution in [3.8, 4) is 5.75 Å². The zero-order chi connectivity index (χ0) is 24.4. The van der Waals surface area contributed by atoms with Crippen LogP contribution in [0.15, 0.2) is 54.6 Å². The van der Waals surface area contributed by atoms with E-state index in [1.165, 1.54) is 18.2 Å². The van der Waals surface area contributed by atoms with Crippen molar-refractivity contribution in [1.29, 1.82) is 0 Å². The highest BCUT2D eigenvalue weighted by Crippen LogP contribution is 2.31. The first-order valence-electron chi connectivity index (χ1n) is 10.5. The first-order valence-corrected chi connectivity index (χ1v) is 10.9. The SMILES string of the molecule is CC[C@@H]1Oc2ccc(NC(=O)c3ccc(F)cc3F)cc2CN(Cc2ccc(F)cc2Cl)C1=O. The lowest BCUT2D eigenvalue weighted by Gasteiger charge is -2.23. The second-order valence-corrected chi connectivity index (χ2v) is 8.25. The maximum absolute atomic E-state index is 14.0. The third kappa shape index (κ3) is 5.02. The van der Waals surface area contributed by atoms with Crippen LogP contribution in [0.25, 0.3) is 0 Å². The first-order chi connectivity index (χ1) is 16.2. The maximum Gasteiger partial charge on any atom is 0.264 e. The number of carbonyl (C=O) groups is 2. The van der Waals surface area contributed by atoms with Gasteiger partial charge in [-0.3, -0.25) is 9.59 Å². The standard InChI is InChI=1S/C25H20ClF3N2O3/c1-2-22-25(33)31(12-14-3-4-16(27)10-20(14)26)13-15-9-18(6-8-23(15)34-22)30-24(32)19-7-5-17(28)11-21(19)29/h3-11,22H,2,12-13H2,1H3,(H,30,32)/t22-/m0/s1. The van der Waals surface area contributed by atoms with Gasteiger partial charge in [0, 0.05) is 35.4 Å². The highest BCUT2D eigenvalue weighted by molar-refractivity contribution is 6.31. The Labute approximate surface area is 199 Å². The Morgan fingerprint density at radius 2 is 1.82 bits per heavy atom. The van der Waals surface area contributed by atoms with Gasteiger partial charge in [-0.2, -0.15) is 0 Å². The zero-order valence-electron chi connectivity index (χ0n) is 18.1. The van der Waals surface area contributed by atoms with E-state index in [2.05, 4.69) is 5.32 Å². The summed E-state index contributed by atoms with van der Waals surface area (Å²) in [4.78, 5) is 27.1. The molecule has 1 aliphatic heterocycles. The van der Waals surface area contributed by atoms with E-state index >= 15 is 0 Å². The van der Waals surface area contributed by atoms with E-state index in [9.17, 15) is 22.8 Å². The van der Waals surface area contributed by atoms with Crippen molar-refractivity contribution >= 4 is 29.1 Å². The molecule has 0 spiro atoms. The highest BCUT2D eigenvalue weighted by atomic mass is 35.5. The molecule has 1 atom stereocenters. The molecule has 0 unspecified atom stereocenters. The average Bonchev–Trinajstić information content (AvgIpc) is 2.91. The first kappa shape index (κ1) is 23.6. The number of hydrogen-bond acceptors (Lipinski definition) is 3. The highest BCUT2D eigenvalue weighted by Gasteiger charge is 2.30. The minimum absolute atomic E-state index is 0.134. The quantitative estimate of drug-likeness (QED) is 0.500. The molecule has 0 saturated heterocycles. The molecule has 0 fully saturated rings. The van der Waals surface area contributed by atoms with E-state index in [1.807, 2.05) is 6.92 Å². The molecule has 0 saturated carbocycles. The van der Waals surface area contributed by atoms with Crippen LogP contribution in [0.4, 0.5) is 18.9 Å². The monoisotopic (exact) mass is 488 g/mol. The van der Waals surface area contributed by atoms with Gasteiger partial charge in [0.15, 0.2) is 6.10 Å². The predicted octanol–water partition coefficient (Wildman–Crippen LogP) is 5.71. The molecule has 4 rings (SSSR count). The van der Waals surface area contributed by atoms with Gasteiger partial charge in [0.05, 0.1) is 5.56 Å².